The minimum atomic E-state index is -0.552. The Bertz CT molecular complexity index is 551. The van der Waals surface area contributed by atoms with Gasteiger partial charge in [-0.15, -0.1) is 11.3 Å². The molecule has 96 valence electrons. The van der Waals surface area contributed by atoms with Crippen molar-refractivity contribution in [2.45, 2.75) is 6.04 Å². The molecule has 0 saturated heterocycles. The van der Waals surface area contributed by atoms with Gasteiger partial charge in [0.15, 0.2) is 0 Å². The molecule has 0 fully saturated rings. The molecule has 1 heterocycles. The molecular weight excluding hydrogens is 388 g/mol. The predicted octanol–water partition coefficient (Wildman–Crippen LogP) is 4.86. The van der Waals surface area contributed by atoms with Crippen molar-refractivity contribution >= 4 is 43.2 Å². The van der Waals surface area contributed by atoms with E-state index in [0.29, 0.717) is 0 Å². The van der Waals surface area contributed by atoms with Gasteiger partial charge in [0, 0.05) is 5.56 Å². The van der Waals surface area contributed by atoms with E-state index in [4.69, 9.17) is 0 Å². The van der Waals surface area contributed by atoms with Crippen LogP contribution in [-0.2, 0) is 0 Å². The van der Waals surface area contributed by atoms with E-state index in [-0.39, 0.29) is 5.56 Å². The van der Waals surface area contributed by atoms with E-state index in [1.807, 2.05) is 6.07 Å². The van der Waals surface area contributed by atoms with Crippen LogP contribution >= 0.6 is 43.2 Å². The molecule has 1 atom stereocenters. The maximum atomic E-state index is 13.8. The Kier molecular flexibility index (Phi) is 4.53. The molecule has 0 amide bonds. The van der Waals surface area contributed by atoms with Gasteiger partial charge in [0.2, 0.25) is 0 Å². The van der Waals surface area contributed by atoms with E-state index >= 15 is 0 Å². The van der Waals surface area contributed by atoms with E-state index < -0.39 is 17.7 Å². The van der Waals surface area contributed by atoms with Gasteiger partial charge in [-0.3, -0.25) is 0 Å². The molecule has 0 aliphatic rings. The molecule has 1 unspecified atom stereocenters. The molecule has 0 aliphatic carbocycles. The minimum Gasteiger partial charge on any atom is -0.309 e. The first-order chi connectivity index (χ1) is 8.54. The third-order valence-corrected chi connectivity index (χ3v) is 4.96. The van der Waals surface area contributed by atoms with Crippen LogP contribution in [0, 0.1) is 11.6 Å². The van der Waals surface area contributed by atoms with Crippen molar-refractivity contribution in [3.8, 4) is 0 Å². The molecule has 0 saturated carbocycles. The van der Waals surface area contributed by atoms with Crippen molar-refractivity contribution in [1.82, 2.24) is 5.32 Å². The van der Waals surface area contributed by atoms with Crippen LogP contribution in [0.4, 0.5) is 8.78 Å². The van der Waals surface area contributed by atoms with Crippen molar-refractivity contribution in [2.75, 3.05) is 7.05 Å². The summed E-state index contributed by atoms with van der Waals surface area (Å²) in [6.07, 6.45) is 0. The van der Waals surface area contributed by atoms with Crippen molar-refractivity contribution in [2.24, 2.45) is 0 Å². The molecule has 2 aromatic rings. The summed E-state index contributed by atoms with van der Waals surface area (Å²) in [6.45, 7) is 0. The fourth-order valence-corrected chi connectivity index (χ4v) is 4.69. The summed E-state index contributed by atoms with van der Waals surface area (Å²) in [7, 11) is 1.68. The molecule has 1 aromatic heterocycles. The Hall–Kier alpha value is -0.300. The fraction of sp³-hybridized carbons (Fsp3) is 0.167. The van der Waals surface area contributed by atoms with Gasteiger partial charge in [-0.25, -0.2) is 8.78 Å². The van der Waals surface area contributed by atoms with Crippen LogP contribution in [0.5, 0.6) is 0 Å². The van der Waals surface area contributed by atoms with Gasteiger partial charge in [0.05, 0.1) is 13.6 Å². The average Bonchev–Trinajstić information content (AvgIpc) is 2.63. The largest absolute Gasteiger partial charge is 0.309 e. The minimum absolute atomic E-state index is 0.0333. The lowest BCUT2D eigenvalue weighted by Gasteiger charge is -2.17. The van der Waals surface area contributed by atoms with Gasteiger partial charge < -0.3 is 5.32 Å². The highest BCUT2D eigenvalue weighted by molar-refractivity contribution is 9.12. The summed E-state index contributed by atoms with van der Waals surface area (Å²) in [5.74, 6) is -1.10. The SMILES string of the molecule is CNC(c1cc(Br)sc1Br)c1c(F)cccc1F. The lowest BCUT2D eigenvalue weighted by atomic mass is 10.0. The Morgan fingerprint density at radius 2 is 1.83 bits per heavy atom. The molecule has 0 spiro atoms. The second-order valence-electron chi connectivity index (χ2n) is 3.64. The van der Waals surface area contributed by atoms with Gasteiger partial charge in [-0.2, -0.15) is 0 Å². The molecule has 0 aliphatic heterocycles. The lowest BCUT2D eigenvalue weighted by molar-refractivity contribution is 0.522. The Morgan fingerprint density at radius 1 is 1.22 bits per heavy atom. The maximum absolute atomic E-state index is 13.8. The topological polar surface area (TPSA) is 12.0 Å². The van der Waals surface area contributed by atoms with E-state index in [0.717, 1.165) is 13.1 Å². The maximum Gasteiger partial charge on any atom is 0.131 e. The third kappa shape index (κ3) is 2.66. The first-order valence-electron chi connectivity index (χ1n) is 5.10. The molecule has 6 heteroatoms. The molecule has 2 rings (SSSR count). The van der Waals surface area contributed by atoms with Crippen molar-refractivity contribution < 1.29 is 8.78 Å². The zero-order chi connectivity index (χ0) is 13.3. The lowest BCUT2D eigenvalue weighted by Crippen LogP contribution is -2.20. The summed E-state index contributed by atoms with van der Waals surface area (Å²) in [6, 6.07) is 5.21. The number of nitrogens with one attached hydrogen (secondary N) is 1. The van der Waals surface area contributed by atoms with Crippen LogP contribution in [-0.4, -0.2) is 7.05 Å². The van der Waals surface area contributed by atoms with Crippen LogP contribution in [0.1, 0.15) is 17.2 Å². The second kappa shape index (κ2) is 5.77. The highest BCUT2D eigenvalue weighted by atomic mass is 79.9. The molecule has 18 heavy (non-hydrogen) atoms. The van der Waals surface area contributed by atoms with Gasteiger partial charge >= 0.3 is 0 Å². The smallest absolute Gasteiger partial charge is 0.131 e. The van der Waals surface area contributed by atoms with Crippen LogP contribution in [0.15, 0.2) is 31.8 Å². The number of hydrogen-bond acceptors (Lipinski definition) is 2. The average molecular weight is 397 g/mol. The Labute approximate surface area is 124 Å². The summed E-state index contributed by atoms with van der Waals surface area (Å²) >= 11 is 8.24. The molecule has 0 radical (unpaired) electrons. The first-order valence-corrected chi connectivity index (χ1v) is 7.50. The van der Waals surface area contributed by atoms with Gasteiger partial charge in [-0.05, 0) is 62.7 Å². The zero-order valence-corrected chi connectivity index (χ0v) is 13.3. The number of rotatable bonds is 3. The van der Waals surface area contributed by atoms with Crippen molar-refractivity contribution in [1.29, 1.82) is 0 Å². The molecule has 0 bridgehead atoms. The zero-order valence-electron chi connectivity index (χ0n) is 9.31. The Balaban J connectivity index is 2.55. The second-order valence-corrected chi connectivity index (χ2v) is 7.39. The quantitative estimate of drug-likeness (QED) is 0.781. The van der Waals surface area contributed by atoms with Crippen LogP contribution in [0.2, 0.25) is 0 Å². The number of benzene rings is 1. The van der Waals surface area contributed by atoms with Crippen molar-refractivity contribution in [3.05, 3.63) is 54.6 Å². The number of hydrogen-bond donors (Lipinski definition) is 1. The predicted molar refractivity (Wildman–Crippen MR) is 77.0 cm³/mol. The van der Waals surface area contributed by atoms with Crippen LogP contribution in [0.3, 0.4) is 0 Å². The van der Waals surface area contributed by atoms with E-state index in [9.17, 15) is 8.78 Å². The van der Waals surface area contributed by atoms with E-state index in [1.54, 1.807) is 7.05 Å². The van der Waals surface area contributed by atoms with Crippen LogP contribution in [0.25, 0.3) is 0 Å². The fourth-order valence-electron chi connectivity index (χ4n) is 1.79. The van der Waals surface area contributed by atoms with Crippen molar-refractivity contribution in [3.63, 3.8) is 0 Å². The Morgan fingerprint density at radius 3 is 2.28 bits per heavy atom. The highest BCUT2D eigenvalue weighted by Gasteiger charge is 2.23. The summed E-state index contributed by atoms with van der Waals surface area (Å²) in [5.41, 5.74) is 0.837. The molecular formula is C12H9Br2F2NS. The van der Waals surface area contributed by atoms with Gasteiger partial charge in [0.25, 0.3) is 0 Å². The third-order valence-electron chi connectivity index (χ3n) is 2.57. The standard InChI is InChI=1S/C12H9Br2F2NS/c1-17-11(6-5-9(13)18-12(6)14)10-7(15)3-2-4-8(10)16/h2-5,11,17H,1H3. The summed E-state index contributed by atoms with van der Waals surface area (Å²) in [4.78, 5) is 0. The normalized spacial score (nSPS) is 12.7. The summed E-state index contributed by atoms with van der Waals surface area (Å²) < 4.78 is 29.4. The summed E-state index contributed by atoms with van der Waals surface area (Å²) in [5, 5.41) is 2.95. The molecule has 1 aromatic carbocycles. The van der Waals surface area contributed by atoms with E-state index in [2.05, 4.69) is 37.2 Å². The van der Waals surface area contributed by atoms with Crippen LogP contribution < -0.4 is 5.32 Å². The highest BCUT2D eigenvalue weighted by Crippen LogP contribution is 2.38. The molecule has 1 N–H and O–H groups in total. The van der Waals surface area contributed by atoms with E-state index in [1.165, 1.54) is 29.5 Å². The molecule has 1 nitrogen and oxygen atoms in total. The van der Waals surface area contributed by atoms with Gasteiger partial charge in [-0.1, -0.05) is 6.07 Å². The monoisotopic (exact) mass is 395 g/mol. The number of halogens is 4. The number of thiophene rings is 1. The van der Waals surface area contributed by atoms with Gasteiger partial charge in [0.1, 0.15) is 11.6 Å². The first kappa shape index (κ1) is 14.1.